The van der Waals surface area contributed by atoms with Crippen LogP contribution in [0.15, 0.2) is 15.7 Å². The second-order valence-electron chi connectivity index (χ2n) is 4.04. The maximum absolute atomic E-state index is 11.9. The average Bonchev–Trinajstić information content (AvgIpc) is 2.60. The summed E-state index contributed by atoms with van der Waals surface area (Å²) in [5.41, 5.74) is -0.767. The summed E-state index contributed by atoms with van der Waals surface area (Å²) >= 11 is 6.69. The molecule has 0 atom stereocenters. The zero-order valence-corrected chi connectivity index (χ0v) is 11.3. The van der Waals surface area contributed by atoms with E-state index in [1.807, 2.05) is 4.72 Å². The molecule has 2 heterocycles. The first-order valence-corrected chi connectivity index (χ1v) is 7.47. The number of carbonyl (C=O) groups excluding carboxylic acids is 1. The topological polar surface area (TPSA) is 72.5 Å². The van der Waals surface area contributed by atoms with E-state index in [2.05, 4.69) is 0 Å². The van der Waals surface area contributed by atoms with Crippen LogP contribution in [0.3, 0.4) is 0 Å². The van der Waals surface area contributed by atoms with E-state index in [1.165, 1.54) is 6.07 Å². The van der Waals surface area contributed by atoms with E-state index in [4.69, 9.17) is 16.3 Å². The fraction of sp³-hybridized carbons (Fsp3) is 0.444. The van der Waals surface area contributed by atoms with Gasteiger partial charge in [0.25, 0.3) is 10.0 Å². The molecule has 0 aromatic carbocycles. The Balaban J connectivity index is 2.19. The van der Waals surface area contributed by atoms with Gasteiger partial charge in [-0.2, -0.15) is 0 Å². The van der Waals surface area contributed by atoms with Crippen LogP contribution in [0.25, 0.3) is 0 Å². The third-order valence-corrected chi connectivity index (χ3v) is 5.80. The molecule has 0 saturated carbocycles. The Hall–Kier alpha value is -0.630. The summed E-state index contributed by atoms with van der Waals surface area (Å²) in [7, 11) is -3.87. The van der Waals surface area contributed by atoms with Crippen molar-refractivity contribution in [3.63, 3.8) is 0 Å². The van der Waals surface area contributed by atoms with Crippen molar-refractivity contribution in [3.05, 3.63) is 16.5 Å². The fourth-order valence-electron chi connectivity index (χ4n) is 1.30. The molecule has 17 heavy (non-hydrogen) atoms. The van der Waals surface area contributed by atoms with Crippen molar-refractivity contribution >= 4 is 38.9 Å². The Morgan fingerprint density at radius 3 is 2.65 bits per heavy atom. The van der Waals surface area contributed by atoms with Gasteiger partial charge in [0.1, 0.15) is 0 Å². The van der Waals surface area contributed by atoms with Crippen LogP contribution in [-0.2, 0) is 19.6 Å². The van der Waals surface area contributed by atoms with Gasteiger partial charge in [0.2, 0.25) is 5.91 Å². The molecule has 1 fully saturated rings. The van der Waals surface area contributed by atoms with E-state index in [-0.39, 0.29) is 22.4 Å². The largest absolute Gasteiger partial charge is 0.379 e. The van der Waals surface area contributed by atoms with Gasteiger partial charge < -0.3 is 4.74 Å². The molecule has 1 aromatic rings. The summed E-state index contributed by atoms with van der Waals surface area (Å²) in [6.45, 7) is 2.11. The number of nitrogens with one attached hydrogen (secondary N) is 1. The zero-order valence-electron chi connectivity index (χ0n) is 8.90. The Labute approximate surface area is 108 Å². The third-order valence-electron chi connectivity index (χ3n) is 2.45. The zero-order chi connectivity index (χ0) is 12.7. The average molecular weight is 296 g/mol. The first-order valence-electron chi connectivity index (χ1n) is 4.73. The maximum Gasteiger partial charge on any atom is 0.275 e. The molecule has 2 rings (SSSR count). The van der Waals surface area contributed by atoms with E-state index in [1.54, 1.807) is 12.3 Å². The van der Waals surface area contributed by atoms with Crippen molar-refractivity contribution in [2.45, 2.75) is 11.1 Å². The highest BCUT2D eigenvalue weighted by atomic mass is 35.5. The number of thiophene rings is 1. The highest BCUT2D eigenvalue weighted by Gasteiger charge is 2.43. The van der Waals surface area contributed by atoms with Crippen LogP contribution in [-0.4, -0.2) is 27.5 Å². The minimum atomic E-state index is -3.87. The van der Waals surface area contributed by atoms with Crippen molar-refractivity contribution in [3.8, 4) is 0 Å². The van der Waals surface area contributed by atoms with Gasteiger partial charge >= 0.3 is 0 Å². The summed E-state index contributed by atoms with van der Waals surface area (Å²) in [6.07, 6.45) is 0. The molecule has 1 amide bonds. The lowest BCUT2D eigenvalue weighted by Crippen LogP contribution is -2.53. The quantitative estimate of drug-likeness (QED) is 0.911. The van der Waals surface area contributed by atoms with Crippen LogP contribution in [0.2, 0.25) is 5.02 Å². The standard InChI is InChI=1S/C9H10ClNO4S2/c1-9(4-15-5-9)8(12)11-17(13,14)7-6(10)2-3-16-7/h2-3H,4-5H2,1H3,(H,11,12). The van der Waals surface area contributed by atoms with E-state index >= 15 is 0 Å². The number of carbonyl (C=O) groups is 1. The summed E-state index contributed by atoms with van der Waals surface area (Å²) in [4.78, 5) is 11.8. The van der Waals surface area contributed by atoms with Crippen molar-refractivity contribution in [1.29, 1.82) is 0 Å². The molecule has 94 valence electrons. The van der Waals surface area contributed by atoms with Gasteiger partial charge in [-0.15, -0.1) is 11.3 Å². The molecule has 1 N–H and O–H groups in total. The monoisotopic (exact) mass is 295 g/mol. The second kappa shape index (κ2) is 4.24. The van der Waals surface area contributed by atoms with E-state index in [0.29, 0.717) is 0 Å². The smallest absolute Gasteiger partial charge is 0.275 e. The minimum absolute atomic E-state index is 0.0450. The summed E-state index contributed by atoms with van der Waals surface area (Å²) in [6, 6.07) is 1.47. The first-order chi connectivity index (χ1) is 7.85. The van der Waals surface area contributed by atoms with E-state index < -0.39 is 21.3 Å². The van der Waals surface area contributed by atoms with E-state index in [0.717, 1.165) is 11.3 Å². The number of ether oxygens (including phenoxy) is 1. The summed E-state index contributed by atoms with van der Waals surface area (Å²) in [5.74, 6) is -0.562. The second-order valence-corrected chi connectivity index (χ2v) is 7.25. The predicted molar refractivity (Wildman–Crippen MR) is 63.6 cm³/mol. The summed E-state index contributed by atoms with van der Waals surface area (Å²) in [5, 5.41) is 1.67. The van der Waals surface area contributed by atoms with Gasteiger partial charge in [-0.25, -0.2) is 13.1 Å². The van der Waals surface area contributed by atoms with Crippen molar-refractivity contribution in [2.24, 2.45) is 5.41 Å². The number of halogens is 1. The van der Waals surface area contributed by atoms with Crippen LogP contribution in [0.4, 0.5) is 0 Å². The van der Waals surface area contributed by atoms with Crippen LogP contribution < -0.4 is 4.72 Å². The van der Waals surface area contributed by atoms with Crippen molar-refractivity contribution < 1.29 is 17.9 Å². The third kappa shape index (κ3) is 2.33. The number of rotatable bonds is 3. The number of amides is 1. The number of hydrogen-bond donors (Lipinski definition) is 1. The van der Waals surface area contributed by atoms with Gasteiger partial charge in [0.05, 0.1) is 23.7 Å². The molecule has 0 radical (unpaired) electrons. The molecule has 0 spiro atoms. The molecule has 0 bridgehead atoms. The van der Waals surface area contributed by atoms with Gasteiger partial charge in [-0.3, -0.25) is 4.79 Å². The van der Waals surface area contributed by atoms with Crippen LogP contribution in [0, 0.1) is 5.41 Å². The van der Waals surface area contributed by atoms with E-state index in [9.17, 15) is 13.2 Å². The Morgan fingerprint density at radius 2 is 2.24 bits per heavy atom. The van der Waals surface area contributed by atoms with Crippen LogP contribution in [0.1, 0.15) is 6.92 Å². The molecule has 1 aliphatic rings. The summed E-state index contributed by atoms with van der Waals surface area (Å²) < 4.78 is 30.6. The van der Waals surface area contributed by atoms with Gasteiger partial charge in [-0.05, 0) is 18.4 Å². The lowest BCUT2D eigenvalue weighted by Gasteiger charge is -2.35. The molecular weight excluding hydrogens is 286 g/mol. The molecule has 8 heteroatoms. The Kier molecular flexibility index (Phi) is 3.19. The van der Waals surface area contributed by atoms with Crippen LogP contribution >= 0.6 is 22.9 Å². The van der Waals surface area contributed by atoms with Crippen molar-refractivity contribution in [2.75, 3.05) is 13.2 Å². The number of hydrogen-bond acceptors (Lipinski definition) is 5. The molecule has 5 nitrogen and oxygen atoms in total. The fourth-order valence-corrected chi connectivity index (χ4v) is 4.09. The van der Waals surface area contributed by atoms with Gasteiger partial charge in [-0.1, -0.05) is 11.6 Å². The Bertz CT molecular complexity index is 547. The molecular formula is C9H10ClNO4S2. The molecule has 0 unspecified atom stereocenters. The lowest BCUT2D eigenvalue weighted by molar-refractivity contribution is -0.155. The normalized spacial score (nSPS) is 18.5. The molecule has 1 aromatic heterocycles. The number of sulfonamides is 1. The SMILES string of the molecule is CC1(C(=O)NS(=O)(=O)c2sccc2Cl)COC1. The maximum atomic E-state index is 11.9. The Morgan fingerprint density at radius 1 is 1.59 bits per heavy atom. The predicted octanol–water partition coefficient (Wildman–Crippen LogP) is 1.24. The molecule has 1 saturated heterocycles. The van der Waals surface area contributed by atoms with Gasteiger partial charge in [0.15, 0.2) is 4.21 Å². The van der Waals surface area contributed by atoms with Crippen molar-refractivity contribution in [1.82, 2.24) is 4.72 Å². The molecule has 1 aliphatic heterocycles. The van der Waals surface area contributed by atoms with Crippen LogP contribution in [0.5, 0.6) is 0 Å². The minimum Gasteiger partial charge on any atom is -0.379 e. The highest BCUT2D eigenvalue weighted by molar-refractivity contribution is 7.92. The van der Waals surface area contributed by atoms with Gasteiger partial charge in [0, 0.05) is 0 Å². The highest BCUT2D eigenvalue weighted by Crippen LogP contribution is 2.30. The molecule has 0 aliphatic carbocycles. The first kappa shape index (κ1) is 12.8. The lowest BCUT2D eigenvalue weighted by atomic mass is 9.88.